The molecule has 0 radical (unpaired) electrons. The molecular formula is C20H25N3O. The molecule has 3 rings (SSSR count). The largest absolute Gasteiger partial charge is 0.376 e. The second-order valence-electron chi connectivity index (χ2n) is 6.52. The molecule has 1 saturated heterocycles. The minimum Gasteiger partial charge on any atom is -0.376 e. The van der Waals surface area contributed by atoms with Crippen molar-refractivity contribution in [2.75, 3.05) is 13.2 Å². The van der Waals surface area contributed by atoms with E-state index >= 15 is 0 Å². The Hall–Kier alpha value is -2.12. The van der Waals surface area contributed by atoms with Crippen molar-refractivity contribution >= 4 is 11.9 Å². The standard InChI is InChI=1S/C20H25N3O/c21-23-20(15-22-14-19-6-1-2-13-24-19)18-11-9-17(10-12-18)5-3-4-16-7-8-16/h9-12,15-16,19H,1-2,4,6-8,13-14,21H2/b22-15?,23-20+. The molecule has 0 aromatic heterocycles. The third kappa shape index (κ3) is 5.21. The Bertz CT molecular complexity index is 642. The number of rotatable bonds is 5. The minimum absolute atomic E-state index is 0.234. The molecule has 2 N–H and O–H groups in total. The van der Waals surface area contributed by atoms with Crippen LogP contribution in [0.2, 0.25) is 0 Å². The third-order valence-corrected chi connectivity index (χ3v) is 4.44. The highest BCUT2D eigenvalue weighted by Crippen LogP contribution is 2.31. The van der Waals surface area contributed by atoms with Crippen molar-refractivity contribution in [1.82, 2.24) is 0 Å². The molecule has 1 aromatic carbocycles. The van der Waals surface area contributed by atoms with Gasteiger partial charge in [0.25, 0.3) is 0 Å². The molecule has 24 heavy (non-hydrogen) atoms. The SMILES string of the molecule is N/N=C(\C=NCC1CCCCO1)c1ccc(C#CCC2CC2)cc1. The van der Waals surface area contributed by atoms with Gasteiger partial charge in [0.15, 0.2) is 0 Å². The Kier molecular flexibility index (Phi) is 6.03. The summed E-state index contributed by atoms with van der Waals surface area (Å²) >= 11 is 0. The second kappa shape index (κ2) is 8.65. The highest BCUT2D eigenvalue weighted by molar-refractivity contribution is 6.38. The molecule has 0 bridgehead atoms. The fourth-order valence-electron chi connectivity index (χ4n) is 2.73. The van der Waals surface area contributed by atoms with Crippen molar-refractivity contribution in [3.63, 3.8) is 0 Å². The van der Waals surface area contributed by atoms with Crippen LogP contribution in [0.4, 0.5) is 0 Å². The van der Waals surface area contributed by atoms with Gasteiger partial charge in [0.05, 0.1) is 12.6 Å². The maximum Gasteiger partial charge on any atom is 0.108 e. The van der Waals surface area contributed by atoms with Crippen molar-refractivity contribution in [3.05, 3.63) is 35.4 Å². The van der Waals surface area contributed by atoms with Crippen molar-refractivity contribution in [3.8, 4) is 11.8 Å². The predicted octanol–water partition coefficient (Wildman–Crippen LogP) is 3.14. The average Bonchev–Trinajstić information content (AvgIpc) is 3.45. The molecule has 1 saturated carbocycles. The van der Waals surface area contributed by atoms with E-state index in [4.69, 9.17) is 10.6 Å². The number of benzene rings is 1. The molecule has 1 aliphatic carbocycles. The quantitative estimate of drug-likeness (QED) is 0.392. The molecular weight excluding hydrogens is 298 g/mol. The Morgan fingerprint density at radius 1 is 1.21 bits per heavy atom. The average molecular weight is 323 g/mol. The second-order valence-corrected chi connectivity index (χ2v) is 6.52. The van der Waals surface area contributed by atoms with Crippen LogP contribution in [0.5, 0.6) is 0 Å². The van der Waals surface area contributed by atoms with Crippen LogP contribution in [0.25, 0.3) is 0 Å². The number of aliphatic imine (C=N–C) groups is 1. The highest BCUT2D eigenvalue weighted by atomic mass is 16.5. The lowest BCUT2D eigenvalue weighted by molar-refractivity contribution is 0.0226. The number of ether oxygens (including phenoxy) is 1. The lowest BCUT2D eigenvalue weighted by Crippen LogP contribution is -2.22. The summed E-state index contributed by atoms with van der Waals surface area (Å²) in [7, 11) is 0. The highest BCUT2D eigenvalue weighted by Gasteiger charge is 2.19. The van der Waals surface area contributed by atoms with Crippen molar-refractivity contribution in [2.24, 2.45) is 21.9 Å². The molecule has 126 valence electrons. The summed E-state index contributed by atoms with van der Waals surface area (Å²) in [4.78, 5) is 4.45. The number of hydrogen-bond donors (Lipinski definition) is 1. The fourth-order valence-corrected chi connectivity index (χ4v) is 2.73. The molecule has 1 atom stereocenters. The molecule has 2 fully saturated rings. The number of hydrazone groups is 1. The zero-order chi connectivity index (χ0) is 16.6. The van der Waals surface area contributed by atoms with Gasteiger partial charge >= 0.3 is 0 Å². The van der Waals surface area contributed by atoms with E-state index in [1.165, 1.54) is 19.3 Å². The van der Waals surface area contributed by atoms with E-state index in [0.29, 0.717) is 12.3 Å². The lowest BCUT2D eigenvalue weighted by atomic mass is 10.1. The van der Waals surface area contributed by atoms with Crippen LogP contribution in [0.3, 0.4) is 0 Å². The Balaban J connectivity index is 1.54. The monoisotopic (exact) mass is 323 g/mol. The summed E-state index contributed by atoms with van der Waals surface area (Å²) in [6, 6.07) is 8.02. The van der Waals surface area contributed by atoms with Gasteiger partial charge in [0.2, 0.25) is 0 Å². The van der Waals surface area contributed by atoms with Gasteiger partial charge in [-0.25, -0.2) is 0 Å². The van der Waals surface area contributed by atoms with Crippen LogP contribution in [-0.4, -0.2) is 31.2 Å². The van der Waals surface area contributed by atoms with Crippen molar-refractivity contribution in [2.45, 2.75) is 44.6 Å². The van der Waals surface area contributed by atoms with E-state index in [9.17, 15) is 0 Å². The van der Waals surface area contributed by atoms with E-state index in [-0.39, 0.29) is 6.10 Å². The Morgan fingerprint density at radius 2 is 2.04 bits per heavy atom. The van der Waals surface area contributed by atoms with E-state index in [0.717, 1.165) is 42.9 Å². The van der Waals surface area contributed by atoms with E-state index < -0.39 is 0 Å². The predicted molar refractivity (Wildman–Crippen MR) is 98.3 cm³/mol. The molecule has 1 aromatic rings. The Morgan fingerprint density at radius 3 is 2.71 bits per heavy atom. The van der Waals surface area contributed by atoms with Crippen LogP contribution in [0, 0.1) is 17.8 Å². The van der Waals surface area contributed by atoms with Crippen molar-refractivity contribution in [1.29, 1.82) is 0 Å². The summed E-state index contributed by atoms with van der Waals surface area (Å²) in [5.41, 5.74) is 2.67. The molecule has 0 spiro atoms. The van der Waals surface area contributed by atoms with Crippen LogP contribution in [0.15, 0.2) is 34.4 Å². The van der Waals surface area contributed by atoms with Gasteiger partial charge in [-0.2, -0.15) is 5.10 Å². The van der Waals surface area contributed by atoms with E-state index in [2.05, 4.69) is 21.9 Å². The van der Waals surface area contributed by atoms with E-state index in [1.807, 2.05) is 24.3 Å². The van der Waals surface area contributed by atoms with Gasteiger partial charge in [-0.15, -0.1) is 0 Å². The van der Waals surface area contributed by atoms with Crippen molar-refractivity contribution < 1.29 is 4.74 Å². The van der Waals surface area contributed by atoms with Gasteiger partial charge in [-0.1, -0.05) is 24.0 Å². The maximum atomic E-state index is 5.67. The van der Waals surface area contributed by atoms with Crippen LogP contribution < -0.4 is 5.84 Å². The molecule has 1 unspecified atom stereocenters. The minimum atomic E-state index is 0.234. The summed E-state index contributed by atoms with van der Waals surface area (Å²) in [5.74, 6) is 12.8. The zero-order valence-corrected chi connectivity index (χ0v) is 14.1. The molecule has 0 amide bonds. The molecule has 4 nitrogen and oxygen atoms in total. The summed E-state index contributed by atoms with van der Waals surface area (Å²) in [6.45, 7) is 1.52. The van der Waals surface area contributed by atoms with Gasteiger partial charge in [0.1, 0.15) is 5.71 Å². The van der Waals surface area contributed by atoms with E-state index in [1.54, 1.807) is 6.21 Å². The zero-order valence-electron chi connectivity index (χ0n) is 14.1. The first kappa shape index (κ1) is 16.7. The third-order valence-electron chi connectivity index (χ3n) is 4.44. The number of nitrogens with zero attached hydrogens (tertiary/aromatic N) is 2. The van der Waals surface area contributed by atoms with Gasteiger partial charge in [-0.05, 0) is 50.2 Å². The topological polar surface area (TPSA) is 60.0 Å². The maximum absolute atomic E-state index is 5.67. The first-order chi connectivity index (χ1) is 11.8. The van der Waals surface area contributed by atoms with Crippen LogP contribution in [-0.2, 0) is 4.74 Å². The van der Waals surface area contributed by atoms with Gasteiger partial charge < -0.3 is 10.6 Å². The number of hydrogen-bond acceptors (Lipinski definition) is 4. The smallest absolute Gasteiger partial charge is 0.108 e. The Labute approximate surface area is 144 Å². The normalized spacial score (nSPS) is 21.5. The molecule has 1 heterocycles. The van der Waals surface area contributed by atoms with Crippen LogP contribution >= 0.6 is 0 Å². The first-order valence-corrected chi connectivity index (χ1v) is 8.84. The summed E-state index contributed by atoms with van der Waals surface area (Å²) in [5, 5.41) is 3.85. The molecule has 4 heteroatoms. The molecule has 2 aliphatic rings. The lowest BCUT2D eigenvalue weighted by Gasteiger charge is -2.20. The first-order valence-electron chi connectivity index (χ1n) is 8.84. The summed E-state index contributed by atoms with van der Waals surface area (Å²) in [6.07, 6.45) is 9.15. The summed E-state index contributed by atoms with van der Waals surface area (Å²) < 4.78 is 5.67. The number of nitrogens with two attached hydrogens (primary N) is 1. The fraction of sp³-hybridized carbons (Fsp3) is 0.500. The van der Waals surface area contributed by atoms with Gasteiger partial charge in [-0.3, -0.25) is 4.99 Å². The molecule has 1 aliphatic heterocycles. The van der Waals surface area contributed by atoms with Gasteiger partial charge in [0, 0.05) is 30.4 Å². The van der Waals surface area contributed by atoms with Crippen LogP contribution in [0.1, 0.15) is 49.7 Å².